The zero-order valence-electron chi connectivity index (χ0n) is 35.8. The zero-order valence-corrected chi connectivity index (χ0v) is 35.8. The van der Waals surface area contributed by atoms with E-state index in [2.05, 4.69) is 54.3 Å². The standard InChI is InChI=1S/C44H63N5O10/c1-22-15-36-39(24(3)44(59-36)14-12-32-33-10-9-29-16-31(54)11-13-43(29,8)35(33)17-34(32)23(44)2)48(18-22)19-30-20-49(47-46-30)42-38(45-25(4)50)41(57-28(7)53)40(56-27(6)52)37(58-42)21-55-26(5)51/h9,20,22,24,31-33,35-42,54H,10-19,21H2,1-8H3,(H,45,50)/t22-,24+,31-,32-,33-,35-,36+,37+,38+,39-,40-,41+,42+,43-,44-/m0/s1. The van der Waals surface area contributed by atoms with Crippen molar-refractivity contribution in [1.82, 2.24) is 25.2 Å². The van der Waals surface area contributed by atoms with Crippen LogP contribution in [0.3, 0.4) is 0 Å². The van der Waals surface area contributed by atoms with E-state index >= 15 is 0 Å². The summed E-state index contributed by atoms with van der Waals surface area (Å²) in [7, 11) is 0. The fraction of sp³-hybridized carbons (Fsp3) is 0.773. The molecule has 1 aromatic rings. The van der Waals surface area contributed by atoms with Crippen LogP contribution < -0.4 is 5.32 Å². The third kappa shape index (κ3) is 7.56. The fourth-order valence-corrected chi connectivity index (χ4v) is 12.9. The van der Waals surface area contributed by atoms with Gasteiger partial charge in [0.1, 0.15) is 18.8 Å². The molecule has 4 aliphatic carbocycles. The Morgan fingerprint density at radius 3 is 2.47 bits per heavy atom. The van der Waals surface area contributed by atoms with Crippen LogP contribution in [0.15, 0.2) is 29.0 Å². The van der Waals surface area contributed by atoms with E-state index in [4.69, 9.17) is 23.7 Å². The number of rotatable bonds is 8. The van der Waals surface area contributed by atoms with E-state index in [1.165, 1.54) is 43.5 Å². The van der Waals surface area contributed by atoms with Gasteiger partial charge in [-0.05, 0) is 93.0 Å². The molecule has 0 aromatic carbocycles. The molecule has 8 rings (SSSR count). The minimum Gasteiger partial charge on any atom is -0.463 e. The highest BCUT2D eigenvalue weighted by atomic mass is 16.6. The first-order valence-corrected chi connectivity index (χ1v) is 21.8. The number of likely N-dealkylation sites (tertiary alicyclic amines) is 1. The predicted molar refractivity (Wildman–Crippen MR) is 212 cm³/mol. The van der Waals surface area contributed by atoms with E-state index in [-0.39, 0.29) is 41.8 Å². The van der Waals surface area contributed by atoms with Crippen molar-refractivity contribution in [2.75, 3.05) is 13.2 Å². The minimum absolute atomic E-state index is 0.0701. The molecule has 3 saturated heterocycles. The molecule has 15 nitrogen and oxygen atoms in total. The Kier molecular flexibility index (Phi) is 11.4. The maximum absolute atomic E-state index is 12.6. The van der Waals surface area contributed by atoms with E-state index < -0.39 is 54.4 Å². The molecule has 2 N–H and O–H groups in total. The summed E-state index contributed by atoms with van der Waals surface area (Å²) < 4.78 is 31.9. The van der Waals surface area contributed by atoms with Gasteiger partial charge in [-0.2, -0.15) is 0 Å². The Labute approximate surface area is 346 Å². The van der Waals surface area contributed by atoms with Crippen LogP contribution in [0, 0.1) is 35.0 Å². The lowest BCUT2D eigenvalue weighted by Gasteiger charge is -2.49. The average molecular weight is 822 g/mol. The number of aliphatic hydroxyl groups excluding tert-OH is 1. The second-order valence-electron chi connectivity index (χ2n) is 19.1. The second-order valence-corrected chi connectivity index (χ2v) is 19.1. The number of esters is 3. The number of nitrogens with zero attached hydrogens (tertiary/aromatic N) is 4. The van der Waals surface area contributed by atoms with E-state index in [0.29, 0.717) is 35.9 Å². The average Bonchev–Trinajstić information content (AvgIpc) is 3.86. The van der Waals surface area contributed by atoms with Gasteiger partial charge in [0, 0.05) is 52.7 Å². The molecule has 59 heavy (non-hydrogen) atoms. The van der Waals surface area contributed by atoms with Crippen molar-refractivity contribution in [3.63, 3.8) is 0 Å². The fourth-order valence-electron chi connectivity index (χ4n) is 12.9. The van der Waals surface area contributed by atoms with Crippen LogP contribution in [0.25, 0.3) is 0 Å². The van der Waals surface area contributed by atoms with Crippen LogP contribution in [0.1, 0.15) is 119 Å². The van der Waals surface area contributed by atoms with Crippen molar-refractivity contribution in [1.29, 1.82) is 0 Å². The molecule has 1 aromatic heterocycles. The lowest BCUT2D eigenvalue weighted by Crippen LogP contribution is -2.64. The monoisotopic (exact) mass is 821 g/mol. The van der Waals surface area contributed by atoms with Gasteiger partial charge in [0.2, 0.25) is 5.91 Å². The summed E-state index contributed by atoms with van der Waals surface area (Å²) >= 11 is 0. The molecule has 1 amide bonds. The molecule has 5 fully saturated rings. The lowest BCUT2D eigenvalue weighted by atomic mass is 9.56. The Morgan fingerprint density at radius 2 is 1.76 bits per heavy atom. The Morgan fingerprint density at radius 1 is 1.02 bits per heavy atom. The van der Waals surface area contributed by atoms with Crippen molar-refractivity contribution in [2.24, 2.45) is 35.0 Å². The maximum atomic E-state index is 12.6. The van der Waals surface area contributed by atoms with Gasteiger partial charge in [-0.15, -0.1) is 5.10 Å². The summed E-state index contributed by atoms with van der Waals surface area (Å²) in [5, 5.41) is 22.4. The van der Waals surface area contributed by atoms with Gasteiger partial charge in [-0.3, -0.25) is 24.1 Å². The molecule has 7 aliphatic rings. The quantitative estimate of drug-likeness (QED) is 0.215. The molecule has 0 unspecified atom stereocenters. The van der Waals surface area contributed by atoms with E-state index in [0.717, 1.165) is 57.9 Å². The number of amides is 1. The topological polar surface area (TPSA) is 181 Å². The van der Waals surface area contributed by atoms with Crippen LogP contribution >= 0.6 is 0 Å². The molecule has 4 heterocycles. The van der Waals surface area contributed by atoms with Gasteiger partial charge in [0.05, 0.1) is 29.7 Å². The first-order chi connectivity index (χ1) is 28.0. The van der Waals surface area contributed by atoms with Crippen LogP contribution in [0.2, 0.25) is 0 Å². The van der Waals surface area contributed by atoms with Gasteiger partial charge in [-0.25, -0.2) is 4.68 Å². The van der Waals surface area contributed by atoms with Gasteiger partial charge >= 0.3 is 17.9 Å². The smallest absolute Gasteiger partial charge is 0.303 e. The minimum atomic E-state index is -1.20. The molecular formula is C44H63N5O10. The molecule has 15 heteroatoms. The number of hydrogen-bond acceptors (Lipinski definition) is 13. The number of aliphatic hydroxyl groups is 1. The lowest BCUT2D eigenvalue weighted by molar-refractivity contribution is -0.239. The SMILES string of the molecule is CC(=O)N[C@@H]1[C@@H](OC(C)=O)[C@@H](OC(C)=O)[C@@H](COC(C)=O)O[C@H]1n1cc(CN2C[C@@H](C)C[C@H]3O[C@]4(CC[C@@H]5C(=C4C)C[C@H]4[C@H]5CC=C5C[C@@H](O)CC[C@@]54C)[C@H](C)[C@@H]32)nn1. The molecule has 3 aliphatic heterocycles. The summed E-state index contributed by atoms with van der Waals surface area (Å²) in [6, 6.07) is -0.867. The highest BCUT2D eigenvalue weighted by molar-refractivity contribution is 5.73. The van der Waals surface area contributed by atoms with E-state index in [9.17, 15) is 24.3 Å². The summed E-state index contributed by atoms with van der Waals surface area (Å²) in [5.74, 6) is 0.178. The largest absolute Gasteiger partial charge is 0.463 e. The molecule has 1 spiro atoms. The first kappa shape index (κ1) is 42.0. The Bertz CT molecular complexity index is 1900. The maximum Gasteiger partial charge on any atom is 0.303 e. The zero-order chi connectivity index (χ0) is 42.1. The van der Waals surface area contributed by atoms with E-state index in [1.54, 1.807) is 11.8 Å². The number of allylic oxidation sites excluding steroid dienone is 2. The second kappa shape index (κ2) is 16.0. The number of aromatic nitrogens is 3. The van der Waals surface area contributed by atoms with Crippen molar-refractivity contribution >= 4 is 23.8 Å². The number of ether oxygens (including phenoxy) is 5. The number of carbonyl (C=O) groups is 4. The highest BCUT2D eigenvalue weighted by Crippen LogP contribution is 2.65. The summed E-state index contributed by atoms with van der Waals surface area (Å²) in [4.78, 5) is 51.6. The number of piperidine rings is 1. The Hall–Kier alpha value is -3.66. The van der Waals surface area contributed by atoms with Crippen LogP contribution in [0.4, 0.5) is 0 Å². The van der Waals surface area contributed by atoms with Crippen LogP contribution in [0.5, 0.6) is 0 Å². The predicted octanol–water partition coefficient (Wildman–Crippen LogP) is 4.33. The van der Waals surface area contributed by atoms with Crippen LogP contribution in [-0.4, -0.2) is 110 Å². The summed E-state index contributed by atoms with van der Waals surface area (Å²) in [6.07, 6.45) is 7.79. The Balaban J connectivity index is 1.05. The van der Waals surface area contributed by atoms with Crippen molar-refractivity contribution < 1.29 is 48.0 Å². The molecule has 324 valence electrons. The molecular weight excluding hydrogens is 759 g/mol. The third-order valence-corrected chi connectivity index (χ3v) is 15.4. The normalized spacial score (nSPS) is 41.6. The van der Waals surface area contributed by atoms with Gasteiger partial charge < -0.3 is 34.1 Å². The summed E-state index contributed by atoms with van der Waals surface area (Å²) in [5.41, 5.74) is 5.11. The number of fused-ring (bicyclic) bond motifs is 6. The van der Waals surface area contributed by atoms with Gasteiger partial charge in [0.15, 0.2) is 18.4 Å². The number of nitrogens with one attached hydrogen (secondary N) is 1. The molecule has 0 bridgehead atoms. The third-order valence-electron chi connectivity index (χ3n) is 15.4. The van der Waals surface area contributed by atoms with Gasteiger partial charge in [0.25, 0.3) is 0 Å². The highest BCUT2D eigenvalue weighted by Gasteiger charge is 2.62. The number of carbonyl (C=O) groups excluding carboxylic acids is 4. The summed E-state index contributed by atoms with van der Waals surface area (Å²) in [6.45, 7) is 15.6. The van der Waals surface area contributed by atoms with Gasteiger partial charge in [-0.1, -0.05) is 43.2 Å². The van der Waals surface area contributed by atoms with Crippen molar-refractivity contribution in [2.45, 2.75) is 168 Å². The first-order valence-electron chi connectivity index (χ1n) is 21.8. The number of hydrogen-bond donors (Lipinski definition) is 2. The van der Waals surface area contributed by atoms with Crippen molar-refractivity contribution in [3.05, 3.63) is 34.7 Å². The molecule has 0 radical (unpaired) electrons. The van der Waals surface area contributed by atoms with Crippen LogP contribution in [-0.2, 0) is 49.4 Å². The molecule has 2 saturated carbocycles. The van der Waals surface area contributed by atoms with Crippen molar-refractivity contribution in [3.8, 4) is 0 Å². The van der Waals surface area contributed by atoms with E-state index in [1.807, 2.05) is 0 Å². The molecule has 15 atom stereocenters.